The minimum Gasteiger partial charge on any atom is -0.478 e. The van der Waals surface area contributed by atoms with Crippen molar-refractivity contribution in [3.05, 3.63) is 32.7 Å². The van der Waals surface area contributed by atoms with Gasteiger partial charge < -0.3 is 10.1 Å². The fourth-order valence-corrected chi connectivity index (χ4v) is 1.94. The quantitative estimate of drug-likeness (QED) is 0.686. The molecule has 1 aliphatic heterocycles. The number of nitrogens with one attached hydrogen (secondary N) is 1. The van der Waals surface area contributed by atoms with Gasteiger partial charge in [0.1, 0.15) is 11.6 Å². The van der Waals surface area contributed by atoms with Crippen LogP contribution in [-0.2, 0) is 13.1 Å². The molecule has 0 saturated carbocycles. The summed E-state index contributed by atoms with van der Waals surface area (Å²) in [5.74, 6) is -1.23. The van der Waals surface area contributed by atoms with Crippen LogP contribution >= 0.6 is 0 Å². The van der Waals surface area contributed by atoms with Crippen LogP contribution in [0, 0.1) is 11.3 Å². The highest BCUT2D eigenvalue weighted by Gasteiger charge is 2.27. The molecule has 0 unspecified atom stereocenters. The number of hydrogen-bond acceptors (Lipinski definition) is 4. The SMILES string of the molecule is CN1Cc2[nH]c(=O)c(C#N)c(C(=O)O)c2C1. The van der Waals surface area contributed by atoms with Crippen LogP contribution in [0.3, 0.4) is 0 Å². The highest BCUT2D eigenvalue weighted by molar-refractivity contribution is 5.92. The molecule has 16 heavy (non-hydrogen) atoms. The van der Waals surface area contributed by atoms with Crippen LogP contribution in [-0.4, -0.2) is 28.0 Å². The van der Waals surface area contributed by atoms with Gasteiger partial charge >= 0.3 is 5.97 Å². The molecule has 0 spiro atoms. The number of aromatic nitrogens is 1. The summed E-state index contributed by atoms with van der Waals surface area (Å²) in [5.41, 5.74) is 0.0103. The summed E-state index contributed by atoms with van der Waals surface area (Å²) >= 11 is 0. The second-order valence-electron chi connectivity index (χ2n) is 3.75. The predicted molar refractivity (Wildman–Crippen MR) is 53.9 cm³/mol. The lowest BCUT2D eigenvalue weighted by Crippen LogP contribution is -2.20. The Balaban J connectivity index is 2.79. The molecular formula is C10H9N3O3. The zero-order chi connectivity index (χ0) is 11.9. The van der Waals surface area contributed by atoms with E-state index in [2.05, 4.69) is 4.98 Å². The third-order valence-electron chi connectivity index (χ3n) is 2.59. The molecule has 0 amide bonds. The van der Waals surface area contributed by atoms with Gasteiger partial charge in [0.15, 0.2) is 0 Å². The van der Waals surface area contributed by atoms with E-state index >= 15 is 0 Å². The zero-order valence-electron chi connectivity index (χ0n) is 8.57. The lowest BCUT2D eigenvalue weighted by atomic mass is 10.0. The van der Waals surface area contributed by atoms with Gasteiger partial charge in [-0.25, -0.2) is 4.79 Å². The van der Waals surface area contributed by atoms with Gasteiger partial charge in [0.2, 0.25) is 0 Å². The normalized spacial score (nSPS) is 14.5. The van der Waals surface area contributed by atoms with Gasteiger partial charge in [0, 0.05) is 24.3 Å². The number of nitrogens with zero attached hydrogens (tertiary/aromatic N) is 2. The Bertz CT molecular complexity index is 568. The molecule has 2 rings (SSSR count). The molecule has 6 heteroatoms. The molecule has 82 valence electrons. The minimum absolute atomic E-state index is 0.161. The molecule has 2 N–H and O–H groups in total. The molecule has 0 atom stereocenters. The molecule has 0 bridgehead atoms. The smallest absolute Gasteiger partial charge is 0.337 e. The fourth-order valence-electron chi connectivity index (χ4n) is 1.94. The maximum atomic E-state index is 11.5. The molecule has 2 heterocycles. The van der Waals surface area contributed by atoms with E-state index in [1.807, 2.05) is 11.9 Å². The Morgan fingerprint density at radius 3 is 2.81 bits per heavy atom. The van der Waals surface area contributed by atoms with Gasteiger partial charge in [-0.1, -0.05) is 0 Å². The van der Waals surface area contributed by atoms with Gasteiger partial charge in [0.05, 0.1) is 5.56 Å². The molecule has 6 nitrogen and oxygen atoms in total. The largest absolute Gasteiger partial charge is 0.478 e. The average Bonchev–Trinajstić information content (AvgIpc) is 2.55. The van der Waals surface area contributed by atoms with E-state index in [4.69, 9.17) is 10.4 Å². The molecule has 1 aliphatic rings. The Labute approximate surface area is 90.7 Å². The average molecular weight is 219 g/mol. The van der Waals surface area contributed by atoms with Crippen molar-refractivity contribution in [1.29, 1.82) is 5.26 Å². The molecule has 0 aliphatic carbocycles. The molecule has 0 radical (unpaired) electrons. The van der Waals surface area contributed by atoms with Gasteiger partial charge in [-0.2, -0.15) is 5.26 Å². The molecule has 0 saturated heterocycles. The van der Waals surface area contributed by atoms with Gasteiger partial charge in [-0.05, 0) is 7.05 Å². The summed E-state index contributed by atoms with van der Waals surface area (Å²) in [5, 5.41) is 17.8. The monoisotopic (exact) mass is 219 g/mol. The summed E-state index contributed by atoms with van der Waals surface area (Å²) in [6, 6.07) is 1.65. The molecular weight excluding hydrogens is 210 g/mol. The minimum atomic E-state index is -1.23. The molecule has 1 aromatic heterocycles. The van der Waals surface area contributed by atoms with E-state index in [9.17, 15) is 9.59 Å². The van der Waals surface area contributed by atoms with Crippen LogP contribution in [0.15, 0.2) is 4.79 Å². The Morgan fingerprint density at radius 1 is 1.56 bits per heavy atom. The number of rotatable bonds is 1. The van der Waals surface area contributed by atoms with Crippen LogP contribution in [0.1, 0.15) is 27.2 Å². The number of pyridine rings is 1. The summed E-state index contributed by atoms with van der Waals surface area (Å²) in [6.45, 7) is 0.930. The van der Waals surface area contributed by atoms with Crippen molar-refractivity contribution in [2.24, 2.45) is 0 Å². The Morgan fingerprint density at radius 2 is 2.25 bits per heavy atom. The summed E-state index contributed by atoms with van der Waals surface area (Å²) in [7, 11) is 1.82. The third kappa shape index (κ3) is 1.38. The first kappa shape index (κ1) is 10.4. The summed E-state index contributed by atoms with van der Waals surface area (Å²) in [4.78, 5) is 27.0. The van der Waals surface area contributed by atoms with E-state index in [0.29, 0.717) is 24.3 Å². The lowest BCUT2D eigenvalue weighted by Gasteiger charge is -2.05. The molecule has 0 fully saturated rings. The van der Waals surface area contributed by atoms with Crippen LogP contribution in [0.25, 0.3) is 0 Å². The summed E-state index contributed by atoms with van der Waals surface area (Å²) in [6.07, 6.45) is 0. The lowest BCUT2D eigenvalue weighted by molar-refractivity contribution is 0.0694. The highest BCUT2D eigenvalue weighted by atomic mass is 16.4. The maximum absolute atomic E-state index is 11.5. The number of carboxylic acid groups (broad SMARTS) is 1. The summed E-state index contributed by atoms with van der Waals surface area (Å²) < 4.78 is 0. The first-order chi connectivity index (χ1) is 7.54. The maximum Gasteiger partial charge on any atom is 0.337 e. The van der Waals surface area contributed by atoms with Crippen LogP contribution in [0.2, 0.25) is 0 Å². The Kier molecular flexibility index (Phi) is 2.25. The standard InChI is InChI=1S/C10H9N3O3/c1-13-3-6-7(4-13)12-9(14)5(2-11)8(6)10(15)16/h3-4H2,1H3,(H,12,14)(H,15,16). The van der Waals surface area contributed by atoms with Crippen molar-refractivity contribution in [1.82, 2.24) is 9.88 Å². The van der Waals surface area contributed by atoms with Crippen molar-refractivity contribution >= 4 is 5.97 Å². The number of carbonyl (C=O) groups is 1. The fraction of sp³-hybridized carbons (Fsp3) is 0.300. The zero-order valence-corrected chi connectivity index (χ0v) is 8.57. The number of carboxylic acids is 1. The second kappa shape index (κ2) is 3.47. The van der Waals surface area contributed by atoms with Crippen molar-refractivity contribution < 1.29 is 9.90 Å². The van der Waals surface area contributed by atoms with Crippen LogP contribution < -0.4 is 5.56 Å². The van der Waals surface area contributed by atoms with Crippen LogP contribution in [0.5, 0.6) is 0 Å². The van der Waals surface area contributed by atoms with Crippen molar-refractivity contribution in [2.75, 3.05) is 7.05 Å². The first-order valence-electron chi connectivity index (χ1n) is 4.64. The van der Waals surface area contributed by atoms with E-state index in [1.165, 1.54) is 0 Å². The van der Waals surface area contributed by atoms with Crippen molar-refractivity contribution in [3.63, 3.8) is 0 Å². The van der Waals surface area contributed by atoms with Gasteiger partial charge in [-0.3, -0.25) is 9.69 Å². The topological polar surface area (TPSA) is 97.2 Å². The van der Waals surface area contributed by atoms with E-state index in [-0.39, 0.29) is 11.1 Å². The molecule has 1 aromatic rings. The Hall–Kier alpha value is -2.13. The number of H-pyrrole nitrogens is 1. The number of nitriles is 1. The second-order valence-corrected chi connectivity index (χ2v) is 3.75. The number of aromatic carboxylic acids is 1. The van der Waals surface area contributed by atoms with Crippen molar-refractivity contribution in [2.45, 2.75) is 13.1 Å². The van der Waals surface area contributed by atoms with Crippen LogP contribution in [0.4, 0.5) is 0 Å². The van der Waals surface area contributed by atoms with Crippen molar-refractivity contribution in [3.8, 4) is 6.07 Å². The number of hydrogen-bond donors (Lipinski definition) is 2. The highest BCUT2D eigenvalue weighted by Crippen LogP contribution is 2.23. The predicted octanol–water partition coefficient (Wildman–Crippen LogP) is -0.110. The first-order valence-corrected chi connectivity index (χ1v) is 4.64. The van der Waals surface area contributed by atoms with E-state index in [0.717, 1.165) is 0 Å². The number of aromatic amines is 1. The third-order valence-corrected chi connectivity index (χ3v) is 2.59. The van der Waals surface area contributed by atoms with Gasteiger partial charge in [-0.15, -0.1) is 0 Å². The van der Waals surface area contributed by atoms with E-state index < -0.39 is 11.5 Å². The van der Waals surface area contributed by atoms with Gasteiger partial charge in [0.25, 0.3) is 5.56 Å². The number of fused-ring (bicyclic) bond motifs is 1. The molecule has 0 aromatic carbocycles. The van der Waals surface area contributed by atoms with E-state index in [1.54, 1.807) is 6.07 Å².